The molecule has 0 aromatic heterocycles. The molecule has 1 unspecified atom stereocenters. The fourth-order valence-electron chi connectivity index (χ4n) is 3.21. The van der Waals surface area contributed by atoms with Gasteiger partial charge in [0.1, 0.15) is 5.75 Å². The number of carbonyl (C=O) groups is 2. The van der Waals surface area contributed by atoms with Gasteiger partial charge in [0.15, 0.2) is 11.5 Å². The second-order valence-electron chi connectivity index (χ2n) is 7.27. The first-order chi connectivity index (χ1) is 14.4. The summed E-state index contributed by atoms with van der Waals surface area (Å²) in [5, 5.41) is 0. The SMILES string of the molecule is CCOC(=O)C(Oc1ccc(C(=O)OC)cc1CC(C)C)c1ccc2c(c1)OCO2. The van der Waals surface area contributed by atoms with Gasteiger partial charge in [-0.1, -0.05) is 19.9 Å². The van der Waals surface area contributed by atoms with Crippen molar-refractivity contribution in [3.05, 3.63) is 53.1 Å². The van der Waals surface area contributed by atoms with Crippen molar-refractivity contribution in [2.24, 2.45) is 5.92 Å². The molecule has 0 fully saturated rings. The summed E-state index contributed by atoms with van der Waals surface area (Å²) in [6.07, 6.45) is -0.328. The summed E-state index contributed by atoms with van der Waals surface area (Å²) in [5.41, 5.74) is 1.82. The van der Waals surface area contributed by atoms with Crippen LogP contribution in [0.3, 0.4) is 0 Å². The van der Waals surface area contributed by atoms with Crippen molar-refractivity contribution in [1.82, 2.24) is 0 Å². The first kappa shape index (κ1) is 21.5. The van der Waals surface area contributed by atoms with Crippen molar-refractivity contribution >= 4 is 11.9 Å². The van der Waals surface area contributed by atoms with Gasteiger partial charge in [-0.15, -0.1) is 0 Å². The van der Waals surface area contributed by atoms with Gasteiger partial charge in [0, 0.05) is 5.56 Å². The van der Waals surface area contributed by atoms with Gasteiger partial charge in [-0.25, -0.2) is 9.59 Å². The van der Waals surface area contributed by atoms with E-state index in [-0.39, 0.29) is 13.4 Å². The molecule has 0 bridgehead atoms. The smallest absolute Gasteiger partial charge is 0.352 e. The second kappa shape index (κ2) is 9.52. The van der Waals surface area contributed by atoms with Crippen LogP contribution in [-0.4, -0.2) is 32.4 Å². The topological polar surface area (TPSA) is 80.3 Å². The van der Waals surface area contributed by atoms with Crippen LogP contribution in [0.1, 0.15) is 48.4 Å². The molecule has 0 spiro atoms. The summed E-state index contributed by atoms with van der Waals surface area (Å²) in [5.74, 6) is 1.05. The molecule has 0 aliphatic carbocycles. The highest BCUT2D eigenvalue weighted by Crippen LogP contribution is 2.36. The Bertz CT molecular complexity index is 920. The monoisotopic (exact) mass is 414 g/mol. The van der Waals surface area contributed by atoms with E-state index in [1.165, 1.54) is 7.11 Å². The minimum Gasteiger partial charge on any atom is -0.474 e. The Kier molecular flexibility index (Phi) is 6.82. The van der Waals surface area contributed by atoms with Crippen LogP contribution in [0.5, 0.6) is 17.2 Å². The molecule has 1 aliphatic rings. The number of ether oxygens (including phenoxy) is 5. The molecule has 0 saturated heterocycles. The van der Waals surface area contributed by atoms with Gasteiger partial charge in [0.25, 0.3) is 0 Å². The Hall–Kier alpha value is -3.22. The van der Waals surface area contributed by atoms with Crippen molar-refractivity contribution in [1.29, 1.82) is 0 Å². The van der Waals surface area contributed by atoms with Crippen molar-refractivity contribution in [2.75, 3.05) is 20.5 Å². The van der Waals surface area contributed by atoms with Gasteiger partial charge in [0.2, 0.25) is 12.9 Å². The zero-order chi connectivity index (χ0) is 21.7. The summed E-state index contributed by atoms with van der Waals surface area (Å²) in [4.78, 5) is 24.7. The number of hydrogen-bond acceptors (Lipinski definition) is 7. The Balaban J connectivity index is 1.97. The van der Waals surface area contributed by atoms with Gasteiger partial charge in [-0.3, -0.25) is 0 Å². The molecule has 1 aliphatic heterocycles. The number of esters is 2. The molecule has 0 N–H and O–H groups in total. The van der Waals surface area contributed by atoms with Crippen molar-refractivity contribution < 1.29 is 33.3 Å². The number of rotatable bonds is 8. The first-order valence-corrected chi connectivity index (χ1v) is 9.87. The van der Waals surface area contributed by atoms with E-state index < -0.39 is 18.0 Å². The Labute approximate surface area is 175 Å². The van der Waals surface area contributed by atoms with Crippen molar-refractivity contribution in [2.45, 2.75) is 33.3 Å². The molecule has 1 heterocycles. The summed E-state index contributed by atoms with van der Waals surface area (Å²) in [6, 6.07) is 10.2. The first-order valence-electron chi connectivity index (χ1n) is 9.87. The lowest BCUT2D eigenvalue weighted by Gasteiger charge is -2.21. The van der Waals surface area contributed by atoms with Crippen LogP contribution in [-0.2, 0) is 20.7 Å². The molecule has 0 saturated carbocycles. The normalized spacial score (nSPS) is 13.1. The minimum atomic E-state index is -0.991. The van der Waals surface area contributed by atoms with Crippen LogP contribution in [0.2, 0.25) is 0 Å². The number of carbonyl (C=O) groups excluding carboxylic acids is 2. The van der Waals surface area contributed by atoms with Gasteiger partial charge >= 0.3 is 11.9 Å². The Morgan fingerprint density at radius 2 is 1.83 bits per heavy atom. The number of fused-ring (bicyclic) bond motifs is 1. The summed E-state index contributed by atoms with van der Waals surface area (Å²) in [6.45, 7) is 6.23. The second-order valence-corrected chi connectivity index (χ2v) is 7.27. The fraction of sp³-hybridized carbons (Fsp3) is 0.391. The number of hydrogen-bond donors (Lipinski definition) is 0. The van der Waals surface area contributed by atoms with E-state index in [4.69, 9.17) is 23.7 Å². The summed E-state index contributed by atoms with van der Waals surface area (Å²) in [7, 11) is 1.34. The van der Waals surface area contributed by atoms with E-state index in [2.05, 4.69) is 13.8 Å². The average molecular weight is 414 g/mol. The maximum absolute atomic E-state index is 12.7. The molecule has 2 aromatic carbocycles. The molecule has 0 amide bonds. The standard InChI is InChI=1S/C23H26O7/c1-5-27-23(25)21(15-6-9-19-20(12-15)29-13-28-19)30-18-8-7-16(22(24)26-4)11-17(18)10-14(2)3/h6-9,11-12,14,21H,5,10,13H2,1-4H3. The molecule has 7 nitrogen and oxygen atoms in total. The zero-order valence-corrected chi connectivity index (χ0v) is 17.6. The average Bonchev–Trinajstić information content (AvgIpc) is 3.19. The third-order valence-electron chi connectivity index (χ3n) is 4.55. The van der Waals surface area contributed by atoms with Gasteiger partial charge in [-0.05, 0) is 55.2 Å². The van der Waals surface area contributed by atoms with Crippen LogP contribution in [0.25, 0.3) is 0 Å². The van der Waals surface area contributed by atoms with Crippen molar-refractivity contribution in [3.8, 4) is 17.2 Å². The summed E-state index contributed by atoms with van der Waals surface area (Å²) >= 11 is 0. The maximum atomic E-state index is 12.7. The Morgan fingerprint density at radius 1 is 1.07 bits per heavy atom. The highest BCUT2D eigenvalue weighted by molar-refractivity contribution is 5.89. The summed E-state index contributed by atoms with van der Waals surface area (Å²) < 4.78 is 27.0. The van der Waals surface area contributed by atoms with Gasteiger partial charge in [-0.2, -0.15) is 0 Å². The van der Waals surface area contributed by atoms with E-state index >= 15 is 0 Å². The van der Waals surface area contributed by atoms with E-state index in [0.29, 0.717) is 40.7 Å². The number of benzene rings is 2. The molecular weight excluding hydrogens is 388 g/mol. The predicted molar refractivity (Wildman–Crippen MR) is 109 cm³/mol. The van der Waals surface area contributed by atoms with Crippen LogP contribution >= 0.6 is 0 Å². The third kappa shape index (κ3) is 4.84. The van der Waals surface area contributed by atoms with Crippen LogP contribution in [0.15, 0.2) is 36.4 Å². The van der Waals surface area contributed by atoms with Crippen LogP contribution in [0.4, 0.5) is 0 Å². The lowest BCUT2D eigenvalue weighted by Crippen LogP contribution is -2.22. The van der Waals surface area contributed by atoms with E-state index in [1.54, 1.807) is 43.3 Å². The molecule has 0 radical (unpaired) electrons. The number of methoxy groups -OCH3 is 1. The predicted octanol–water partition coefficient (Wildman–Crippen LogP) is 4.08. The molecule has 3 rings (SSSR count). The maximum Gasteiger partial charge on any atom is 0.352 e. The largest absolute Gasteiger partial charge is 0.474 e. The van der Waals surface area contributed by atoms with Crippen LogP contribution in [0, 0.1) is 5.92 Å². The van der Waals surface area contributed by atoms with Crippen molar-refractivity contribution in [3.63, 3.8) is 0 Å². The molecule has 160 valence electrons. The van der Waals surface area contributed by atoms with Crippen LogP contribution < -0.4 is 14.2 Å². The lowest BCUT2D eigenvalue weighted by atomic mass is 9.99. The van der Waals surface area contributed by atoms with Gasteiger partial charge in [0.05, 0.1) is 19.3 Å². The zero-order valence-electron chi connectivity index (χ0n) is 17.6. The molecular formula is C23H26O7. The highest BCUT2D eigenvalue weighted by Gasteiger charge is 2.28. The van der Waals surface area contributed by atoms with Gasteiger partial charge < -0.3 is 23.7 Å². The molecule has 7 heteroatoms. The molecule has 1 atom stereocenters. The molecule has 30 heavy (non-hydrogen) atoms. The highest BCUT2D eigenvalue weighted by atomic mass is 16.7. The fourth-order valence-corrected chi connectivity index (χ4v) is 3.21. The lowest BCUT2D eigenvalue weighted by molar-refractivity contribution is -0.151. The quantitative estimate of drug-likeness (QED) is 0.602. The molecule has 2 aromatic rings. The van der Waals surface area contributed by atoms with E-state index in [0.717, 1.165) is 5.56 Å². The third-order valence-corrected chi connectivity index (χ3v) is 4.55. The minimum absolute atomic E-state index is 0.136. The Morgan fingerprint density at radius 3 is 2.53 bits per heavy atom. The van der Waals surface area contributed by atoms with E-state index in [9.17, 15) is 9.59 Å². The van der Waals surface area contributed by atoms with E-state index in [1.807, 2.05) is 0 Å².